The molecule has 0 saturated carbocycles. The summed E-state index contributed by atoms with van der Waals surface area (Å²) in [4.78, 5) is 0. The van der Waals surface area contributed by atoms with Gasteiger partial charge in [-0.25, -0.2) is 4.68 Å². The Morgan fingerprint density at radius 2 is 2.47 bits per heavy atom. The lowest BCUT2D eigenvalue weighted by Gasteiger charge is -1.95. The first-order valence-electron chi connectivity index (χ1n) is 4.42. The van der Waals surface area contributed by atoms with Gasteiger partial charge in [0.25, 0.3) is 0 Å². The van der Waals surface area contributed by atoms with Gasteiger partial charge in [-0.05, 0) is 28.9 Å². The smallest absolute Gasteiger partial charge is 0.169 e. The van der Waals surface area contributed by atoms with Gasteiger partial charge in [0, 0.05) is 5.56 Å². The lowest BCUT2D eigenvalue weighted by Crippen LogP contribution is -1.98. The van der Waals surface area contributed by atoms with Gasteiger partial charge in [0.05, 0.1) is 24.4 Å². The second-order valence-corrected chi connectivity index (χ2v) is 4.65. The highest BCUT2D eigenvalue weighted by Crippen LogP contribution is 2.17. The van der Waals surface area contributed by atoms with E-state index in [0.717, 1.165) is 11.3 Å². The molecule has 0 saturated heterocycles. The van der Waals surface area contributed by atoms with E-state index in [9.17, 15) is 0 Å². The number of halogens is 2. The number of aromatic nitrogens is 3. The highest BCUT2D eigenvalue weighted by molar-refractivity contribution is 9.10. The molecule has 0 aliphatic carbocycles. The van der Waals surface area contributed by atoms with Crippen LogP contribution >= 0.6 is 27.5 Å². The normalized spacial score (nSPS) is 13.0. The molecule has 15 heavy (non-hydrogen) atoms. The molecule has 1 unspecified atom stereocenters. The van der Waals surface area contributed by atoms with E-state index in [4.69, 9.17) is 16.0 Å². The van der Waals surface area contributed by atoms with E-state index in [0.29, 0.717) is 11.2 Å². The standard InChI is InChI=1S/C9H9BrClN3O/c1-6(11)8-4-14(13-12-8)3-7-2-9(10)15-5-7/h2,4-6H,3H2,1H3. The minimum Gasteiger partial charge on any atom is -0.457 e. The molecule has 0 radical (unpaired) electrons. The molecule has 0 amide bonds. The van der Waals surface area contributed by atoms with Gasteiger partial charge in [0.15, 0.2) is 4.67 Å². The third kappa shape index (κ3) is 2.60. The first-order chi connectivity index (χ1) is 7.15. The van der Waals surface area contributed by atoms with Gasteiger partial charge < -0.3 is 4.42 Å². The number of nitrogens with zero attached hydrogens (tertiary/aromatic N) is 3. The fourth-order valence-corrected chi connectivity index (χ4v) is 1.68. The Balaban J connectivity index is 2.11. The monoisotopic (exact) mass is 289 g/mol. The second kappa shape index (κ2) is 4.37. The Labute approximate surface area is 100 Å². The van der Waals surface area contributed by atoms with Crippen molar-refractivity contribution in [3.63, 3.8) is 0 Å². The van der Waals surface area contributed by atoms with Crippen LogP contribution in [0.4, 0.5) is 0 Å². The van der Waals surface area contributed by atoms with Crippen LogP contribution in [0.2, 0.25) is 0 Å². The van der Waals surface area contributed by atoms with Gasteiger partial charge in [0.2, 0.25) is 0 Å². The van der Waals surface area contributed by atoms with Crippen molar-refractivity contribution in [2.45, 2.75) is 18.8 Å². The third-order valence-electron chi connectivity index (χ3n) is 1.93. The zero-order valence-electron chi connectivity index (χ0n) is 8.02. The van der Waals surface area contributed by atoms with Crippen LogP contribution in [0.3, 0.4) is 0 Å². The van der Waals surface area contributed by atoms with Crippen LogP contribution in [0.1, 0.15) is 23.6 Å². The van der Waals surface area contributed by atoms with Crippen molar-refractivity contribution in [2.75, 3.05) is 0 Å². The summed E-state index contributed by atoms with van der Waals surface area (Å²) in [6.07, 6.45) is 3.51. The second-order valence-electron chi connectivity index (χ2n) is 3.22. The fraction of sp³-hybridized carbons (Fsp3) is 0.333. The number of rotatable bonds is 3. The molecule has 0 N–H and O–H groups in total. The molecule has 4 nitrogen and oxygen atoms in total. The van der Waals surface area contributed by atoms with E-state index in [1.54, 1.807) is 10.9 Å². The molecular formula is C9H9BrClN3O. The van der Waals surface area contributed by atoms with Gasteiger partial charge in [-0.2, -0.15) is 0 Å². The Bertz CT molecular complexity index is 452. The molecule has 6 heteroatoms. The molecule has 0 spiro atoms. The summed E-state index contributed by atoms with van der Waals surface area (Å²) < 4.78 is 7.56. The molecular weight excluding hydrogens is 281 g/mol. The van der Waals surface area contributed by atoms with Gasteiger partial charge in [0.1, 0.15) is 5.69 Å². The maximum absolute atomic E-state index is 5.88. The highest BCUT2D eigenvalue weighted by atomic mass is 79.9. The molecule has 0 fully saturated rings. The van der Waals surface area contributed by atoms with Gasteiger partial charge in [-0.15, -0.1) is 16.7 Å². The molecule has 2 rings (SSSR count). The van der Waals surface area contributed by atoms with Crippen LogP contribution in [-0.4, -0.2) is 15.0 Å². The van der Waals surface area contributed by atoms with Crippen molar-refractivity contribution in [2.24, 2.45) is 0 Å². The molecule has 2 aromatic rings. The molecule has 0 aliphatic rings. The summed E-state index contributed by atoms with van der Waals surface area (Å²) >= 11 is 9.12. The Morgan fingerprint density at radius 1 is 1.67 bits per heavy atom. The number of hydrogen-bond donors (Lipinski definition) is 0. The summed E-state index contributed by atoms with van der Waals surface area (Å²) in [5, 5.41) is 7.81. The zero-order chi connectivity index (χ0) is 10.8. The molecule has 80 valence electrons. The summed E-state index contributed by atoms with van der Waals surface area (Å²) in [5.41, 5.74) is 1.81. The van der Waals surface area contributed by atoms with Crippen molar-refractivity contribution < 1.29 is 4.42 Å². The molecule has 2 heterocycles. The SMILES string of the molecule is CC(Cl)c1cn(Cc2coc(Br)c2)nn1. The van der Waals surface area contributed by atoms with Crippen molar-refractivity contribution in [3.05, 3.63) is 34.5 Å². The topological polar surface area (TPSA) is 43.9 Å². The molecule has 1 atom stereocenters. The largest absolute Gasteiger partial charge is 0.457 e. The number of hydrogen-bond acceptors (Lipinski definition) is 3. The molecule has 2 aromatic heterocycles. The summed E-state index contributed by atoms with van der Waals surface area (Å²) in [6, 6.07) is 1.89. The van der Waals surface area contributed by atoms with Gasteiger partial charge >= 0.3 is 0 Å². The Morgan fingerprint density at radius 3 is 3.00 bits per heavy atom. The Kier molecular flexibility index (Phi) is 3.11. The van der Waals surface area contributed by atoms with E-state index >= 15 is 0 Å². The molecule has 0 aromatic carbocycles. The van der Waals surface area contributed by atoms with Gasteiger partial charge in [-0.3, -0.25) is 0 Å². The first kappa shape index (κ1) is 10.7. The van der Waals surface area contributed by atoms with Crippen LogP contribution in [-0.2, 0) is 6.54 Å². The van der Waals surface area contributed by atoms with E-state index in [2.05, 4.69) is 26.2 Å². The maximum Gasteiger partial charge on any atom is 0.169 e. The van der Waals surface area contributed by atoms with E-state index in [1.165, 1.54) is 0 Å². The van der Waals surface area contributed by atoms with Crippen molar-refractivity contribution in [1.29, 1.82) is 0 Å². The van der Waals surface area contributed by atoms with Crippen LogP contribution in [0.25, 0.3) is 0 Å². The minimum atomic E-state index is -0.116. The lowest BCUT2D eigenvalue weighted by atomic mass is 10.3. The average molecular weight is 291 g/mol. The predicted molar refractivity (Wildman–Crippen MR) is 59.8 cm³/mol. The average Bonchev–Trinajstić information content (AvgIpc) is 2.76. The minimum absolute atomic E-state index is 0.116. The van der Waals surface area contributed by atoms with Crippen molar-refractivity contribution in [3.8, 4) is 0 Å². The quantitative estimate of drug-likeness (QED) is 0.816. The Hall–Kier alpha value is -0.810. The summed E-state index contributed by atoms with van der Waals surface area (Å²) in [7, 11) is 0. The van der Waals surface area contributed by atoms with E-state index in [-0.39, 0.29) is 5.38 Å². The van der Waals surface area contributed by atoms with Crippen LogP contribution < -0.4 is 0 Å². The highest BCUT2D eigenvalue weighted by Gasteiger charge is 2.07. The van der Waals surface area contributed by atoms with Crippen molar-refractivity contribution >= 4 is 27.5 Å². The first-order valence-corrected chi connectivity index (χ1v) is 5.65. The molecule has 0 aliphatic heterocycles. The van der Waals surface area contributed by atoms with E-state index in [1.807, 2.05) is 19.2 Å². The maximum atomic E-state index is 5.88. The third-order valence-corrected chi connectivity index (χ3v) is 2.57. The van der Waals surface area contributed by atoms with Crippen LogP contribution in [0.5, 0.6) is 0 Å². The van der Waals surface area contributed by atoms with Crippen LogP contribution in [0, 0.1) is 0 Å². The number of alkyl halides is 1. The lowest BCUT2D eigenvalue weighted by molar-refractivity contribution is 0.535. The van der Waals surface area contributed by atoms with Crippen molar-refractivity contribution in [1.82, 2.24) is 15.0 Å². The van der Waals surface area contributed by atoms with Crippen LogP contribution in [0.15, 0.2) is 27.6 Å². The summed E-state index contributed by atoms with van der Waals surface area (Å²) in [6.45, 7) is 2.50. The predicted octanol–water partition coefficient (Wildman–Crippen LogP) is 2.98. The molecule has 0 bridgehead atoms. The summed E-state index contributed by atoms with van der Waals surface area (Å²) in [5.74, 6) is 0. The van der Waals surface area contributed by atoms with Gasteiger partial charge in [-0.1, -0.05) is 5.21 Å². The number of furan rings is 1. The fourth-order valence-electron chi connectivity index (χ4n) is 1.19. The zero-order valence-corrected chi connectivity index (χ0v) is 10.4. The van der Waals surface area contributed by atoms with E-state index < -0.39 is 0 Å².